The van der Waals surface area contributed by atoms with Crippen LogP contribution in [-0.4, -0.2) is 55.0 Å². The van der Waals surface area contributed by atoms with Crippen LogP contribution in [0.2, 0.25) is 0 Å². The molecule has 9 heteroatoms. The summed E-state index contributed by atoms with van der Waals surface area (Å²) in [6, 6.07) is 0. The molecule has 1 N–H and O–H groups in total. The average molecular weight is 292 g/mol. The summed E-state index contributed by atoms with van der Waals surface area (Å²) < 4.78 is 8.63. The summed E-state index contributed by atoms with van der Waals surface area (Å²) in [5.74, 6) is -0.129. The van der Waals surface area contributed by atoms with E-state index in [9.17, 15) is 9.59 Å². The number of ether oxygens (including phenoxy) is 1. The number of H-pyrrole nitrogens is 1. The molecule has 0 spiro atoms. The van der Waals surface area contributed by atoms with Crippen molar-refractivity contribution in [2.45, 2.75) is 12.6 Å². The normalized spacial score (nSPS) is 18.9. The number of carbonyl (C=O) groups is 1. The van der Waals surface area contributed by atoms with Gasteiger partial charge in [-0.05, 0) is 0 Å². The fraction of sp³-hybridized carbons (Fsp3) is 0.500. The summed E-state index contributed by atoms with van der Waals surface area (Å²) in [7, 11) is 1.83. The molecule has 0 aliphatic carbocycles. The second kappa shape index (κ2) is 5.52. The largest absolute Gasteiger partial charge is 0.370 e. The van der Waals surface area contributed by atoms with Crippen LogP contribution in [0.15, 0.2) is 23.5 Å². The van der Waals surface area contributed by atoms with E-state index in [4.69, 9.17) is 4.74 Å². The predicted octanol–water partition coefficient (Wildman–Crippen LogP) is -1.09. The number of nitrogens with one attached hydrogen (secondary N) is 1. The highest BCUT2D eigenvalue weighted by atomic mass is 16.5. The number of hydrogen-bond donors (Lipinski definition) is 1. The van der Waals surface area contributed by atoms with Gasteiger partial charge >= 0.3 is 5.69 Å². The average Bonchev–Trinajstić information content (AvgIpc) is 3.08. The van der Waals surface area contributed by atoms with Crippen molar-refractivity contribution < 1.29 is 9.53 Å². The molecular formula is C12H16N6O3. The molecule has 2 aromatic rings. The van der Waals surface area contributed by atoms with Crippen molar-refractivity contribution in [1.29, 1.82) is 0 Å². The maximum absolute atomic E-state index is 12.2. The zero-order valence-electron chi connectivity index (χ0n) is 11.6. The van der Waals surface area contributed by atoms with Gasteiger partial charge in [-0.2, -0.15) is 10.2 Å². The molecule has 112 valence electrons. The standard InChI is InChI=1S/C12H16N6O3/c1-16-5-9(4-14-16)10-6-17(2-3-21-10)11(19)7-18-8-13-15-12(18)20/h4-5,8,10H,2-3,6-7H2,1H3,(H,15,20). The minimum absolute atomic E-state index is 0.0188. The van der Waals surface area contributed by atoms with Crippen LogP contribution >= 0.6 is 0 Å². The molecule has 1 unspecified atom stereocenters. The lowest BCUT2D eigenvalue weighted by molar-refractivity contribution is -0.139. The topological polar surface area (TPSA) is 98.0 Å². The molecule has 1 atom stereocenters. The maximum Gasteiger partial charge on any atom is 0.343 e. The Morgan fingerprint density at radius 1 is 1.57 bits per heavy atom. The van der Waals surface area contributed by atoms with E-state index in [0.29, 0.717) is 19.7 Å². The molecule has 0 aromatic carbocycles. The first-order valence-electron chi connectivity index (χ1n) is 6.61. The molecule has 1 fully saturated rings. The lowest BCUT2D eigenvalue weighted by atomic mass is 10.1. The number of aromatic amines is 1. The van der Waals surface area contributed by atoms with Crippen LogP contribution in [0, 0.1) is 0 Å². The van der Waals surface area contributed by atoms with Crippen LogP contribution in [0.3, 0.4) is 0 Å². The van der Waals surface area contributed by atoms with E-state index in [1.165, 1.54) is 10.9 Å². The van der Waals surface area contributed by atoms with Gasteiger partial charge in [0.2, 0.25) is 5.91 Å². The molecule has 1 amide bonds. The highest BCUT2D eigenvalue weighted by Gasteiger charge is 2.26. The Balaban J connectivity index is 1.67. The van der Waals surface area contributed by atoms with Crippen LogP contribution in [0.5, 0.6) is 0 Å². The third-order valence-corrected chi connectivity index (χ3v) is 3.44. The molecule has 1 aliphatic heterocycles. The number of rotatable bonds is 3. The smallest absolute Gasteiger partial charge is 0.343 e. The second-order valence-corrected chi connectivity index (χ2v) is 4.94. The van der Waals surface area contributed by atoms with Gasteiger partial charge in [0.1, 0.15) is 19.0 Å². The van der Waals surface area contributed by atoms with Crippen molar-refractivity contribution in [3.8, 4) is 0 Å². The lowest BCUT2D eigenvalue weighted by Crippen LogP contribution is -2.44. The van der Waals surface area contributed by atoms with Crippen molar-refractivity contribution in [3.05, 3.63) is 34.8 Å². The van der Waals surface area contributed by atoms with Crippen molar-refractivity contribution in [3.63, 3.8) is 0 Å². The third kappa shape index (κ3) is 2.87. The molecule has 2 aromatic heterocycles. The number of morpholine rings is 1. The van der Waals surface area contributed by atoms with Crippen molar-refractivity contribution in [2.75, 3.05) is 19.7 Å². The first-order chi connectivity index (χ1) is 10.1. The second-order valence-electron chi connectivity index (χ2n) is 4.94. The number of carbonyl (C=O) groups excluding carboxylic acids is 1. The Kier molecular flexibility index (Phi) is 3.57. The highest BCUT2D eigenvalue weighted by molar-refractivity contribution is 5.76. The first-order valence-corrected chi connectivity index (χ1v) is 6.61. The van der Waals surface area contributed by atoms with Gasteiger partial charge in [-0.25, -0.2) is 9.89 Å². The summed E-state index contributed by atoms with van der Waals surface area (Å²) >= 11 is 0. The van der Waals surface area contributed by atoms with Crippen LogP contribution < -0.4 is 5.69 Å². The van der Waals surface area contributed by atoms with E-state index >= 15 is 0 Å². The van der Waals surface area contributed by atoms with Crippen molar-refractivity contribution in [2.24, 2.45) is 7.05 Å². The Morgan fingerprint density at radius 3 is 3.10 bits per heavy atom. The fourth-order valence-corrected chi connectivity index (χ4v) is 2.31. The SMILES string of the molecule is Cn1cc(C2CN(C(=O)Cn3cn[nH]c3=O)CCO2)cn1. The van der Waals surface area contributed by atoms with Gasteiger partial charge in [-0.3, -0.25) is 14.0 Å². The van der Waals surface area contributed by atoms with E-state index in [0.717, 1.165) is 5.56 Å². The molecule has 0 saturated carbocycles. The summed E-state index contributed by atoms with van der Waals surface area (Å²) in [4.78, 5) is 25.3. The van der Waals surface area contributed by atoms with E-state index in [1.807, 2.05) is 13.2 Å². The highest BCUT2D eigenvalue weighted by Crippen LogP contribution is 2.21. The number of aryl methyl sites for hydroxylation is 1. The summed E-state index contributed by atoms with van der Waals surface area (Å²) in [5.41, 5.74) is 0.552. The quantitative estimate of drug-likeness (QED) is 0.775. The third-order valence-electron chi connectivity index (χ3n) is 3.44. The summed E-state index contributed by atoms with van der Waals surface area (Å²) in [5, 5.41) is 9.98. The van der Waals surface area contributed by atoms with E-state index < -0.39 is 0 Å². The molecule has 0 bridgehead atoms. The minimum atomic E-state index is -0.389. The summed E-state index contributed by atoms with van der Waals surface area (Å²) in [6.07, 6.45) is 4.75. The van der Waals surface area contributed by atoms with Crippen LogP contribution in [0.25, 0.3) is 0 Å². The van der Waals surface area contributed by atoms with Crippen LogP contribution in [-0.2, 0) is 23.1 Å². The Labute approximate surface area is 120 Å². The maximum atomic E-state index is 12.2. The number of aromatic nitrogens is 5. The Morgan fingerprint density at radius 2 is 2.43 bits per heavy atom. The van der Waals surface area contributed by atoms with E-state index in [-0.39, 0.29) is 24.2 Å². The number of amides is 1. The van der Waals surface area contributed by atoms with Gasteiger partial charge in [-0.1, -0.05) is 0 Å². The predicted molar refractivity (Wildman–Crippen MR) is 71.3 cm³/mol. The fourth-order valence-electron chi connectivity index (χ4n) is 2.31. The van der Waals surface area contributed by atoms with Gasteiger partial charge in [0.05, 0.1) is 19.3 Å². The molecule has 1 aliphatic rings. The van der Waals surface area contributed by atoms with Crippen LogP contribution in [0.1, 0.15) is 11.7 Å². The van der Waals surface area contributed by atoms with Gasteiger partial charge in [0.25, 0.3) is 0 Å². The Hall–Kier alpha value is -2.42. The molecule has 0 radical (unpaired) electrons. The number of hydrogen-bond acceptors (Lipinski definition) is 5. The molecular weight excluding hydrogens is 276 g/mol. The molecule has 21 heavy (non-hydrogen) atoms. The first kappa shape index (κ1) is 13.6. The molecule has 1 saturated heterocycles. The zero-order chi connectivity index (χ0) is 14.8. The zero-order valence-corrected chi connectivity index (χ0v) is 11.6. The minimum Gasteiger partial charge on any atom is -0.370 e. The van der Waals surface area contributed by atoms with Crippen molar-refractivity contribution >= 4 is 5.91 Å². The van der Waals surface area contributed by atoms with E-state index in [1.54, 1.807) is 15.8 Å². The van der Waals surface area contributed by atoms with Crippen LogP contribution in [0.4, 0.5) is 0 Å². The molecule has 9 nitrogen and oxygen atoms in total. The van der Waals surface area contributed by atoms with Gasteiger partial charge in [0.15, 0.2) is 0 Å². The van der Waals surface area contributed by atoms with Gasteiger partial charge < -0.3 is 9.64 Å². The lowest BCUT2D eigenvalue weighted by Gasteiger charge is -2.32. The molecule has 3 heterocycles. The Bertz CT molecular complexity index is 687. The van der Waals surface area contributed by atoms with Gasteiger partial charge in [-0.15, -0.1) is 0 Å². The molecule has 3 rings (SSSR count). The van der Waals surface area contributed by atoms with Gasteiger partial charge in [0, 0.05) is 25.4 Å². The summed E-state index contributed by atoms with van der Waals surface area (Å²) in [6.45, 7) is 1.42. The van der Waals surface area contributed by atoms with Crippen molar-refractivity contribution in [1.82, 2.24) is 29.4 Å². The monoisotopic (exact) mass is 292 g/mol. The van der Waals surface area contributed by atoms with E-state index in [2.05, 4.69) is 15.3 Å². The number of nitrogens with zero attached hydrogens (tertiary/aromatic N) is 5.